The van der Waals surface area contributed by atoms with Gasteiger partial charge in [0.15, 0.2) is 12.6 Å². The second-order valence-electron chi connectivity index (χ2n) is 10.2. The van der Waals surface area contributed by atoms with E-state index in [-0.39, 0.29) is 11.4 Å². The monoisotopic (exact) mass is 625 g/mol. The van der Waals surface area contributed by atoms with Gasteiger partial charge in [-0.15, -0.1) is 0 Å². The third-order valence-corrected chi connectivity index (χ3v) is 7.37. The summed E-state index contributed by atoms with van der Waals surface area (Å²) in [7, 11) is 0. The van der Waals surface area contributed by atoms with Crippen LogP contribution in [-0.2, 0) is 23.7 Å². The third-order valence-electron chi connectivity index (χ3n) is 7.37. The molecule has 19 nitrogen and oxygen atoms in total. The topological polar surface area (TPSA) is 301 Å². The number of nitro groups is 1. The van der Waals surface area contributed by atoms with Gasteiger partial charge in [0, 0.05) is 12.1 Å². The lowest BCUT2D eigenvalue weighted by Crippen LogP contribution is -2.66. The van der Waals surface area contributed by atoms with Crippen LogP contribution < -0.4 is 4.74 Å². The molecule has 0 saturated carbocycles. The van der Waals surface area contributed by atoms with Crippen molar-refractivity contribution in [2.45, 2.75) is 92.1 Å². The summed E-state index contributed by atoms with van der Waals surface area (Å²) < 4.78 is 32.8. The molecular weight excluding hydrogens is 590 g/mol. The van der Waals surface area contributed by atoms with Gasteiger partial charge in [0.25, 0.3) is 5.69 Å². The summed E-state index contributed by atoms with van der Waals surface area (Å²) in [5, 5.41) is 113. The normalized spacial score (nSPS) is 43.7. The van der Waals surface area contributed by atoms with Crippen LogP contribution in [0.5, 0.6) is 5.75 Å². The van der Waals surface area contributed by atoms with Crippen molar-refractivity contribution < 1.29 is 84.4 Å². The van der Waals surface area contributed by atoms with E-state index in [2.05, 4.69) is 0 Å². The Morgan fingerprint density at radius 1 is 0.605 bits per heavy atom. The SMILES string of the molecule is O=[N+]([O-])c1ccc(O[C@H]2O[C@@H](CO)[C@H](O[C@@H]3O[C@H](CO)[C@@H](O[C@@H]4O[C@H](CO)[C@H](O)[C@@H](O)[C@@H]4O)[C@H](O)[C@@H]3O)[C@@H](O)[C@@H]2O)cc1. The zero-order chi connectivity index (χ0) is 31.6. The highest BCUT2D eigenvalue weighted by atomic mass is 16.8. The van der Waals surface area contributed by atoms with Crippen molar-refractivity contribution >= 4 is 5.69 Å². The van der Waals surface area contributed by atoms with Crippen LogP contribution >= 0.6 is 0 Å². The molecule has 0 amide bonds. The van der Waals surface area contributed by atoms with Crippen LogP contribution in [0.25, 0.3) is 0 Å². The first kappa shape index (κ1) is 33.7. The number of hydrogen-bond acceptors (Lipinski definition) is 18. The highest BCUT2D eigenvalue weighted by molar-refractivity contribution is 5.36. The highest BCUT2D eigenvalue weighted by Gasteiger charge is 2.53. The number of nitrogens with zero attached hydrogens (tertiary/aromatic N) is 1. The van der Waals surface area contributed by atoms with Crippen molar-refractivity contribution in [3.05, 3.63) is 34.4 Å². The van der Waals surface area contributed by atoms with Crippen molar-refractivity contribution in [3.63, 3.8) is 0 Å². The van der Waals surface area contributed by atoms with Gasteiger partial charge in [-0.25, -0.2) is 0 Å². The second-order valence-corrected chi connectivity index (χ2v) is 10.2. The van der Waals surface area contributed by atoms with Gasteiger partial charge in [-0.1, -0.05) is 0 Å². The summed E-state index contributed by atoms with van der Waals surface area (Å²) in [5.74, 6) is 0.0308. The minimum atomic E-state index is -1.96. The van der Waals surface area contributed by atoms with Gasteiger partial charge in [0.05, 0.1) is 24.7 Å². The van der Waals surface area contributed by atoms with Crippen molar-refractivity contribution in [1.29, 1.82) is 0 Å². The molecule has 1 aromatic rings. The van der Waals surface area contributed by atoms with E-state index < -0.39 is 117 Å². The number of benzene rings is 1. The Morgan fingerprint density at radius 3 is 1.49 bits per heavy atom. The van der Waals surface area contributed by atoms with E-state index in [0.29, 0.717) is 0 Å². The maximum Gasteiger partial charge on any atom is 0.269 e. The molecule has 4 rings (SSSR count). The molecular formula is C24H35NO18. The molecule has 3 aliphatic heterocycles. The molecule has 0 radical (unpaired) electrons. The number of ether oxygens (including phenoxy) is 6. The third kappa shape index (κ3) is 7.06. The second kappa shape index (κ2) is 14.3. The number of hydrogen-bond donors (Lipinski definition) is 10. The average Bonchev–Trinajstić information content (AvgIpc) is 3.00. The van der Waals surface area contributed by atoms with E-state index in [9.17, 15) is 61.2 Å². The van der Waals surface area contributed by atoms with Gasteiger partial charge in [-0.05, 0) is 12.1 Å². The van der Waals surface area contributed by atoms with Crippen LogP contribution in [0.1, 0.15) is 0 Å². The molecule has 0 spiro atoms. The summed E-state index contributed by atoms with van der Waals surface area (Å²) in [6, 6.07) is 4.72. The van der Waals surface area contributed by atoms with Gasteiger partial charge in [0.1, 0.15) is 79.0 Å². The molecule has 19 heteroatoms. The van der Waals surface area contributed by atoms with Gasteiger partial charge in [-0.3, -0.25) is 10.1 Å². The predicted octanol–water partition coefficient (Wildman–Crippen LogP) is -5.58. The van der Waals surface area contributed by atoms with Crippen molar-refractivity contribution in [3.8, 4) is 5.75 Å². The zero-order valence-corrected chi connectivity index (χ0v) is 22.3. The molecule has 0 aromatic heterocycles. The lowest BCUT2D eigenvalue weighted by molar-refractivity contribution is -0.384. The number of nitro benzene ring substituents is 1. The Balaban J connectivity index is 1.42. The first-order valence-electron chi connectivity index (χ1n) is 13.2. The van der Waals surface area contributed by atoms with E-state index in [1.807, 2.05) is 0 Å². The van der Waals surface area contributed by atoms with Gasteiger partial charge in [-0.2, -0.15) is 0 Å². The fourth-order valence-electron chi connectivity index (χ4n) is 4.92. The summed E-state index contributed by atoms with van der Waals surface area (Å²) in [4.78, 5) is 10.2. The van der Waals surface area contributed by atoms with Gasteiger partial charge < -0.3 is 79.5 Å². The number of aliphatic hydroxyl groups excluding tert-OH is 10. The van der Waals surface area contributed by atoms with Crippen LogP contribution in [0, 0.1) is 10.1 Å². The Labute approximate surface area is 242 Å². The minimum Gasteiger partial charge on any atom is -0.462 e. The van der Waals surface area contributed by atoms with E-state index in [4.69, 9.17) is 28.4 Å². The Kier molecular flexibility index (Phi) is 11.2. The molecule has 3 aliphatic rings. The molecule has 3 heterocycles. The standard InChI is InChI=1S/C24H35NO18/c26-5-10-13(29)14(30)17(33)23(39-10)42-21-12(7-28)41-24(19(35)16(21)32)43-20-11(6-27)40-22(18(34)15(20)31)38-9-3-1-8(2-4-9)25(36)37/h1-4,10-24,26-35H,5-7H2/t10-,11+,12-,13+,14-,15+,16-,17+,18+,19+,20+,21-,22+,23+,24+/m1/s1. The zero-order valence-electron chi connectivity index (χ0n) is 22.3. The molecule has 43 heavy (non-hydrogen) atoms. The van der Waals surface area contributed by atoms with Crippen LogP contribution in [0.2, 0.25) is 0 Å². The minimum absolute atomic E-state index is 0.0308. The van der Waals surface area contributed by atoms with E-state index in [1.54, 1.807) is 0 Å². The van der Waals surface area contributed by atoms with E-state index >= 15 is 0 Å². The number of aliphatic hydroxyl groups is 10. The smallest absolute Gasteiger partial charge is 0.269 e. The largest absolute Gasteiger partial charge is 0.462 e. The quantitative estimate of drug-likeness (QED) is 0.0856. The lowest BCUT2D eigenvalue weighted by atomic mass is 9.96. The number of non-ortho nitro benzene ring substituents is 1. The molecule has 10 N–H and O–H groups in total. The Morgan fingerprint density at radius 2 is 1.02 bits per heavy atom. The molecule has 0 unspecified atom stereocenters. The van der Waals surface area contributed by atoms with E-state index in [1.165, 1.54) is 12.1 Å². The Hall–Kier alpha value is -2.18. The lowest BCUT2D eigenvalue weighted by Gasteiger charge is -2.48. The molecule has 3 saturated heterocycles. The van der Waals surface area contributed by atoms with Crippen LogP contribution in [0.3, 0.4) is 0 Å². The van der Waals surface area contributed by atoms with Gasteiger partial charge >= 0.3 is 0 Å². The Bertz CT molecular complexity index is 1040. The fourth-order valence-corrected chi connectivity index (χ4v) is 4.92. The maximum atomic E-state index is 10.8. The van der Waals surface area contributed by atoms with Crippen molar-refractivity contribution in [1.82, 2.24) is 0 Å². The average molecular weight is 626 g/mol. The van der Waals surface area contributed by atoms with Crippen LogP contribution in [0.15, 0.2) is 24.3 Å². The molecule has 3 fully saturated rings. The molecule has 1 aromatic carbocycles. The van der Waals surface area contributed by atoms with Crippen molar-refractivity contribution in [2.75, 3.05) is 19.8 Å². The summed E-state index contributed by atoms with van der Waals surface area (Å²) in [6.45, 7) is -2.42. The highest BCUT2D eigenvalue weighted by Crippen LogP contribution is 2.33. The molecule has 0 bridgehead atoms. The predicted molar refractivity (Wildman–Crippen MR) is 133 cm³/mol. The van der Waals surface area contributed by atoms with Crippen LogP contribution in [0.4, 0.5) is 5.69 Å². The summed E-state index contributed by atoms with van der Waals surface area (Å²) in [6.07, 6.45) is -25.4. The van der Waals surface area contributed by atoms with Crippen molar-refractivity contribution in [2.24, 2.45) is 0 Å². The first-order chi connectivity index (χ1) is 20.4. The number of rotatable bonds is 10. The first-order valence-corrected chi connectivity index (χ1v) is 13.2. The maximum absolute atomic E-state index is 10.8. The molecule has 244 valence electrons. The molecule has 15 atom stereocenters. The summed E-state index contributed by atoms with van der Waals surface area (Å²) >= 11 is 0. The fraction of sp³-hybridized carbons (Fsp3) is 0.750. The van der Waals surface area contributed by atoms with Gasteiger partial charge in [0.2, 0.25) is 6.29 Å². The van der Waals surface area contributed by atoms with Crippen LogP contribution in [-0.4, -0.2) is 168 Å². The van der Waals surface area contributed by atoms with E-state index in [0.717, 1.165) is 12.1 Å². The summed E-state index contributed by atoms with van der Waals surface area (Å²) in [5.41, 5.74) is -0.227. The molecule has 0 aliphatic carbocycles.